The lowest BCUT2D eigenvalue weighted by Gasteiger charge is -2.16. The maximum Gasteiger partial charge on any atom is 0.308 e. The second-order valence-corrected chi connectivity index (χ2v) is 7.89. The lowest BCUT2D eigenvalue weighted by molar-refractivity contribution is -0.141. The summed E-state index contributed by atoms with van der Waals surface area (Å²) < 4.78 is 1.93. The van der Waals surface area contributed by atoms with E-state index in [1.807, 2.05) is 42.7 Å². The summed E-state index contributed by atoms with van der Waals surface area (Å²) in [5.41, 5.74) is 3.70. The molecule has 8 heteroatoms. The van der Waals surface area contributed by atoms with E-state index in [-0.39, 0.29) is 0 Å². The highest BCUT2D eigenvalue weighted by Gasteiger charge is 2.35. The fourth-order valence-corrected chi connectivity index (χ4v) is 4.50. The summed E-state index contributed by atoms with van der Waals surface area (Å²) in [5, 5.41) is 21.8. The van der Waals surface area contributed by atoms with Crippen molar-refractivity contribution in [2.24, 2.45) is 10.9 Å². The van der Waals surface area contributed by atoms with Crippen LogP contribution < -0.4 is 0 Å². The second-order valence-electron chi connectivity index (χ2n) is 6.60. The Morgan fingerprint density at radius 2 is 1.96 bits per heavy atom. The van der Waals surface area contributed by atoms with Gasteiger partial charge in [-0.15, -0.1) is 21.5 Å². The molecule has 4 rings (SSSR count). The van der Waals surface area contributed by atoms with Gasteiger partial charge in [-0.2, -0.15) is 0 Å². The molecule has 0 spiro atoms. The zero-order chi connectivity index (χ0) is 19.3. The topological polar surface area (TPSA) is 80.4 Å². The van der Waals surface area contributed by atoms with Crippen molar-refractivity contribution in [3.63, 3.8) is 0 Å². The number of carboxylic acids is 1. The normalized spacial score (nSPS) is 16.9. The minimum atomic E-state index is -0.923. The first kappa shape index (κ1) is 17.9. The maximum absolute atomic E-state index is 11.8. The number of thiophene rings is 1. The van der Waals surface area contributed by atoms with Crippen molar-refractivity contribution < 1.29 is 9.90 Å². The molecule has 0 fully saturated rings. The fraction of sp³-hybridized carbons (Fsp3) is 0.263. The zero-order valence-corrected chi connectivity index (χ0v) is 16.5. The Morgan fingerprint density at radius 1 is 1.26 bits per heavy atom. The third-order valence-corrected chi connectivity index (χ3v) is 6.09. The van der Waals surface area contributed by atoms with E-state index in [1.54, 1.807) is 18.3 Å². The van der Waals surface area contributed by atoms with E-state index in [1.165, 1.54) is 0 Å². The number of aliphatic carboxylic acids is 1. The van der Waals surface area contributed by atoms with Gasteiger partial charge < -0.3 is 5.11 Å². The molecule has 138 valence electrons. The molecule has 1 unspecified atom stereocenters. The van der Waals surface area contributed by atoms with E-state index in [9.17, 15) is 9.90 Å². The second kappa shape index (κ2) is 6.58. The van der Waals surface area contributed by atoms with Gasteiger partial charge in [0, 0.05) is 16.1 Å². The monoisotopic (exact) mass is 400 g/mol. The van der Waals surface area contributed by atoms with Crippen LogP contribution >= 0.6 is 22.9 Å². The first-order valence-electron chi connectivity index (χ1n) is 8.45. The van der Waals surface area contributed by atoms with E-state index in [0.29, 0.717) is 16.7 Å². The van der Waals surface area contributed by atoms with Crippen LogP contribution in [0.15, 0.2) is 34.6 Å². The van der Waals surface area contributed by atoms with Crippen molar-refractivity contribution in [2.45, 2.75) is 26.8 Å². The van der Waals surface area contributed by atoms with E-state index in [4.69, 9.17) is 16.6 Å². The van der Waals surface area contributed by atoms with E-state index in [2.05, 4.69) is 15.6 Å². The largest absolute Gasteiger partial charge is 0.481 e. The number of aryl methyl sites for hydroxylation is 2. The molecular weight excluding hydrogens is 384 g/mol. The molecule has 0 saturated heterocycles. The fourth-order valence-electron chi connectivity index (χ4n) is 3.26. The summed E-state index contributed by atoms with van der Waals surface area (Å²) in [6, 6.07) is 6.79. The summed E-state index contributed by atoms with van der Waals surface area (Å²) >= 11 is 7.63. The highest BCUT2D eigenvalue weighted by atomic mass is 35.5. The van der Waals surface area contributed by atoms with Crippen LogP contribution in [0.2, 0.25) is 5.02 Å². The lowest BCUT2D eigenvalue weighted by Crippen LogP contribution is -2.21. The first-order chi connectivity index (χ1) is 12.9. The summed E-state index contributed by atoms with van der Waals surface area (Å²) in [6.07, 6.45) is 0. The van der Waals surface area contributed by atoms with E-state index >= 15 is 0 Å². The van der Waals surface area contributed by atoms with Crippen LogP contribution in [0, 0.1) is 19.8 Å². The predicted octanol–water partition coefficient (Wildman–Crippen LogP) is 4.21. The number of carbonyl (C=O) groups is 1. The van der Waals surface area contributed by atoms with Crippen LogP contribution in [-0.4, -0.2) is 31.6 Å². The van der Waals surface area contributed by atoms with E-state index in [0.717, 1.165) is 27.4 Å². The van der Waals surface area contributed by atoms with Crippen LogP contribution in [0.5, 0.6) is 0 Å². The summed E-state index contributed by atoms with van der Waals surface area (Å²) in [4.78, 5) is 16.7. The van der Waals surface area contributed by atoms with Gasteiger partial charge in [0.1, 0.15) is 16.9 Å². The molecule has 0 bridgehead atoms. The van der Waals surface area contributed by atoms with Gasteiger partial charge in [0.2, 0.25) is 0 Å². The Kier molecular flexibility index (Phi) is 4.36. The van der Waals surface area contributed by atoms with E-state index < -0.39 is 17.9 Å². The van der Waals surface area contributed by atoms with Gasteiger partial charge in [-0.05, 0) is 43.8 Å². The smallest absolute Gasteiger partial charge is 0.308 e. The molecule has 1 aliphatic rings. The first-order valence-corrected chi connectivity index (χ1v) is 9.71. The highest BCUT2D eigenvalue weighted by Crippen LogP contribution is 2.38. The number of hydrogen-bond acceptors (Lipinski definition) is 5. The third kappa shape index (κ3) is 2.87. The summed E-state index contributed by atoms with van der Waals surface area (Å²) in [5.74, 6) is -0.407. The molecular formula is C19H17ClN4O2S. The Morgan fingerprint density at radius 3 is 2.63 bits per heavy atom. The molecule has 0 aliphatic carbocycles. The Balaban J connectivity index is 2.03. The molecule has 0 radical (unpaired) electrons. The number of fused-ring (bicyclic) bond motifs is 3. The van der Waals surface area contributed by atoms with Gasteiger partial charge in [0.15, 0.2) is 5.82 Å². The van der Waals surface area contributed by atoms with Crippen molar-refractivity contribution in [1.29, 1.82) is 0 Å². The van der Waals surface area contributed by atoms with Crippen LogP contribution in [0.25, 0.3) is 5.00 Å². The SMILES string of the molecule is Cc1csc2c1C(c1ccc(Cl)cc1)=N[C@@H](C(C)C(=O)O)c1nnc(C)n1-2. The minimum absolute atomic E-state index is 0.550. The van der Waals surface area contributed by atoms with Gasteiger partial charge in [0.05, 0.1) is 11.6 Å². The zero-order valence-electron chi connectivity index (χ0n) is 15.0. The van der Waals surface area contributed by atoms with Gasteiger partial charge in [-0.1, -0.05) is 23.7 Å². The maximum atomic E-state index is 11.8. The van der Waals surface area contributed by atoms with Crippen molar-refractivity contribution in [3.05, 3.63) is 63.0 Å². The highest BCUT2D eigenvalue weighted by molar-refractivity contribution is 7.13. The Bertz CT molecular complexity index is 1070. The van der Waals surface area contributed by atoms with Crippen LogP contribution in [0.3, 0.4) is 0 Å². The van der Waals surface area contributed by atoms with Gasteiger partial charge >= 0.3 is 5.97 Å². The third-order valence-electron chi connectivity index (χ3n) is 4.76. The number of halogens is 1. The van der Waals surface area contributed by atoms with Crippen molar-refractivity contribution >= 4 is 34.6 Å². The van der Waals surface area contributed by atoms with Gasteiger partial charge in [-0.25, -0.2) is 0 Å². The quantitative estimate of drug-likeness (QED) is 0.714. The molecule has 3 aromatic rings. The van der Waals surface area contributed by atoms with Gasteiger partial charge in [0.25, 0.3) is 0 Å². The van der Waals surface area contributed by atoms with Crippen molar-refractivity contribution in [3.8, 4) is 5.00 Å². The molecule has 3 heterocycles. The molecule has 27 heavy (non-hydrogen) atoms. The number of aromatic nitrogens is 3. The lowest BCUT2D eigenvalue weighted by atomic mass is 9.99. The Hall–Kier alpha value is -2.51. The van der Waals surface area contributed by atoms with Crippen LogP contribution in [0.4, 0.5) is 0 Å². The number of aliphatic imine (C=N–C) groups is 1. The van der Waals surface area contributed by atoms with Crippen LogP contribution in [0.1, 0.15) is 41.3 Å². The number of nitrogens with zero attached hydrogens (tertiary/aromatic N) is 4. The van der Waals surface area contributed by atoms with Crippen molar-refractivity contribution in [2.75, 3.05) is 0 Å². The number of benzene rings is 1. The molecule has 0 amide bonds. The predicted molar refractivity (Wildman–Crippen MR) is 105 cm³/mol. The molecule has 6 nitrogen and oxygen atoms in total. The number of hydrogen-bond donors (Lipinski definition) is 1. The molecule has 0 saturated carbocycles. The molecule has 2 aromatic heterocycles. The van der Waals surface area contributed by atoms with Crippen LogP contribution in [-0.2, 0) is 4.79 Å². The Labute approximate surface area is 165 Å². The number of carboxylic acid groups (broad SMARTS) is 1. The summed E-state index contributed by atoms with van der Waals surface area (Å²) in [6.45, 7) is 5.54. The van der Waals surface area contributed by atoms with Crippen molar-refractivity contribution in [1.82, 2.24) is 14.8 Å². The summed E-state index contributed by atoms with van der Waals surface area (Å²) in [7, 11) is 0. The average molecular weight is 401 g/mol. The minimum Gasteiger partial charge on any atom is -0.481 e. The molecule has 2 atom stereocenters. The molecule has 1 aliphatic heterocycles. The average Bonchev–Trinajstić information content (AvgIpc) is 3.15. The molecule has 1 aromatic carbocycles. The number of rotatable bonds is 3. The standard InChI is InChI=1S/C19H17ClN4O2S/c1-9-8-27-18-14(9)16(12-4-6-13(20)7-5-12)21-15(10(2)19(25)26)17-23-22-11(3)24(17)18/h4-8,10,15H,1-3H3,(H,25,26)/t10?,15-/m0/s1. The van der Waals surface area contributed by atoms with Gasteiger partial charge in [-0.3, -0.25) is 14.4 Å². The molecule has 1 N–H and O–H groups in total.